The molecule has 0 aromatic heterocycles. The molecule has 0 saturated carbocycles. The molecule has 0 aliphatic heterocycles. The van der Waals surface area contributed by atoms with Crippen LogP contribution in [0.15, 0.2) is 36.5 Å². The van der Waals surface area contributed by atoms with Gasteiger partial charge in [0.1, 0.15) is 5.75 Å². The van der Waals surface area contributed by atoms with E-state index in [9.17, 15) is 4.79 Å². The Kier molecular flexibility index (Phi) is 4.22. The molecule has 1 rings (SSSR count). The van der Waals surface area contributed by atoms with E-state index in [1.807, 2.05) is 24.3 Å². The van der Waals surface area contributed by atoms with Gasteiger partial charge in [-0.3, -0.25) is 0 Å². The fourth-order valence-electron chi connectivity index (χ4n) is 1.03. The van der Waals surface area contributed by atoms with E-state index in [-0.39, 0.29) is 0 Å². The van der Waals surface area contributed by atoms with Crippen molar-refractivity contribution >= 4 is 11.7 Å². The molecule has 80 valence electrons. The van der Waals surface area contributed by atoms with Gasteiger partial charge in [-0.2, -0.15) is 0 Å². The van der Waals surface area contributed by atoms with E-state index in [2.05, 4.69) is 10.1 Å². The number of anilines is 1. The van der Waals surface area contributed by atoms with Crippen LogP contribution in [0.5, 0.6) is 5.75 Å². The zero-order valence-corrected chi connectivity index (χ0v) is 8.69. The molecule has 0 amide bonds. The Bertz CT molecular complexity index is 361. The fraction of sp³-hybridized carbons (Fsp3) is 0.182. The second-order valence-electron chi connectivity index (χ2n) is 2.70. The molecule has 0 spiro atoms. The first-order chi connectivity index (χ1) is 7.27. The highest BCUT2D eigenvalue weighted by molar-refractivity contribution is 5.82. The summed E-state index contributed by atoms with van der Waals surface area (Å²) in [5.41, 5.74) is 0.792. The summed E-state index contributed by atoms with van der Waals surface area (Å²) in [4.78, 5) is 10.8. The molecule has 1 aromatic rings. The smallest absolute Gasteiger partial charge is 0.331 e. The third-order valence-electron chi connectivity index (χ3n) is 1.77. The summed E-state index contributed by atoms with van der Waals surface area (Å²) >= 11 is 0. The van der Waals surface area contributed by atoms with Gasteiger partial charge >= 0.3 is 5.97 Å². The van der Waals surface area contributed by atoms with Crippen molar-refractivity contribution in [2.75, 3.05) is 19.5 Å². The van der Waals surface area contributed by atoms with E-state index in [0.29, 0.717) is 5.75 Å². The van der Waals surface area contributed by atoms with Crippen LogP contribution in [0, 0.1) is 0 Å². The number of esters is 1. The van der Waals surface area contributed by atoms with E-state index < -0.39 is 5.97 Å². The minimum atomic E-state index is -0.405. The number of ether oxygens (including phenoxy) is 2. The van der Waals surface area contributed by atoms with E-state index >= 15 is 0 Å². The van der Waals surface area contributed by atoms with Crippen LogP contribution in [0.1, 0.15) is 0 Å². The zero-order valence-electron chi connectivity index (χ0n) is 8.69. The SMILES string of the molecule is COC(=O)/C=C\Nc1ccccc1OC. The number of nitrogens with one attached hydrogen (secondary N) is 1. The predicted molar refractivity (Wildman–Crippen MR) is 57.8 cm³/mol. The normalized spacial score (nSPS) is 10.0. The molecule has 0 saturated heterocycles. The van der Waals surface area contributed by atoms with Gasteiger partial charge in [0.15, 0.2) is 0 Å². The van der Waals surface area contributed by atoms with E-state index in [1.54, 1.807) is 7.11 Å². The van der Waals surface area contributed by atoms with Crippen molar-refractivity contribution in [3.05, 3.63) is 36.5 Å². The van der Waals surface area contributed by atoms with Crippen LogP contribution in [0.25, 0.3) is 0 Å². The first kappa shape index (κ1) is 11.1. The molecule has 0 unspecified atom stereocenters. The number of methoxy groups -OCH3 is 2. The Hall–Kier alpha value is -1.97. The number of hydrogen-bond acceptors (Lipinski definition) is 4. The largest absolute Gasteiger partial charge is 0.495 e. The van der Waals surface area contributed by atoms with E-state index in [4.69, 9.17) is 4.74 Å². The summed E-state index contributed by atoms with van der Waals surface area (Å²) in [6, 6.07) is 7.42. The molecule has 0 bridgehead atoms. The first-order valence-corrected chi connectivity index (χ1v) is 4.42. The molecule has 0 aliphatic carbocycles. The van der Waals surface area contributed by atoms with Gasteiger partial charge < -0.3 is 14.8 Å². The second kappa shape index (κ2) is 5.70. The average Bonchev–Trinajstić information content (AvgIpc) is 2.29. The zero-order chi connectivity index (χ0) is 11.1. The Morgan fingerprint density at radius 1 is 1.33 bits per heavy atom. The lowest BCUT2D eigenvalue weighted by Gasteiger charge is -2.06. The lowest BCUT2D eigenvalue weighted by Crippen LogP contribution is -1.97. The molecule has 15 heavy (non-hydrogen) atoms. The van der Waals surface area contributed by atoms with Gasteiger partial charge in [0.05, 0.1) is 19.9 Å². The van der Waals surface area contributed by atoms with Crippen LogP contribution in [-0.2, 0) is 9.53 Å². The van der Waals surface area contributed by atoms with Crippen LogP contribution in [-0.4, -0.2) is 20.2 Å². The second-order valence-corrected chi connectivity index (χ2v) is 2.70. The monoisotopic (exact) mass is 207 g/mol. The summed E-state index contributed by atoms with van der Waals surface area (Å²) in [5.74, 6) is 0.310. The van der Waals surface area contributed by atoms with Crippen molar-refractivity contribution in [3.63, 3.8) is 0 Å². The summed E-state index contributed by atoms with van der Waals surface area (Å²) in [6.07, 6.45) is 2.80. The minimum absolute atomic E-state index is 0.405. The lowest BCUT2D eigenvalue weighted by molar-refractivity contribution is -0.134. The molecular weight excluding hydrogens is 194 g/mol. The first-order valence-electron chi connectivity index (χ1n) is 4.42. The molecule has 4 nitrogen and oxygen atoms in total. The molecule has 4 heteroatoms. The van der Waals surface area contributed by atoms with Gasteiger partial charge in [0.25, 0.3) is 0 Å². The van der Waals surface area contributed by atoms with Crippen LogP contribution >= 0.6 is 0 Å². The topological polar surface area (TPSA) is 47.6 Å². The minimum Gasteiger partial charge on any atom is -0.495 e. The summed E-state index contributed by atoms with van der Waals surface area (Å²) < 4.78 is 9.56. The number of carbonyl (C=O) groups excluding carboxylic acids is 1. The molecule has 1 N–H and O–H groups in total. The van der Waals surface area contributed by atoms with Crippen molar-refractivity contribution in [2.45, 2.75) is 0 Å². The van der Waals surface area contributed by atoms with Crippen LogP contribution in [0.3, 0.4) is 0 Å². The number of carbonyl (C=O) groups is 1. The van der Waals surface area contributed by atoms with Crippen molar-refractivity contribution in [1.82, 2.24) is 0 Å². The maximum Gasteiger partial charge on any atom is 0.331 e. The molecule has 0 heterocycles. The predicted octanol–water partition coefficient (Wildman–Crippen LogP) is 1.79. The average molecular weight is 207 g/mol. The fourth-order valence-corrected chi connectivity index (χ4v) is 1.03. The molecule has 1 aromatic carbocycles. The molecule has 0 fully saturated rings. The highest BCUT2D eigenvalue weighted by Gasteiger charge is 1.98. The van der Waals surface area contributed by atoms with Gasteiger partial charge in [0.2, 0.25) is 0 Å². The van der Waals surface area contributed by atoms with Crippen molar-refractivity contribution in [1.29, 1.82) is 0 Å². The van der Waals surface area contributed by atoms with Crippen molar-refractivity contribution in [3.8, 4) is 5.75 Å². The number of hydrogen-bond donors (Lipinski definition) is 1. The van der Waals surface area contributed by atoms with Gasteiger partial charge in [0, 0.05) is 12.3 Å². The number of para-hydroxylation sites is 2. The Balaban J connectivity index is 2.64. The van der Waals surface area contributed by atoms with Gasteiger partial charge in [-0.05, 0) is 12.1 Å². The summed E-state index contributed by atoms with van der Waals surface area (Å²) in [6.45, 7) is 0. The quantitative estimate of drug-likeness (QED) is 0.604. The van der Waals surface area contributed by atoms with Crippen LogP contribution in [0.4, 0.5) is 5.69 Å². The molecule has 0 radical (unpaired) electrons. The van der Waals surface area contributed by atoms with E-state index in [0.717, 1.165) is 5.69 Å². The van der Waals surface area contributed by atoms with E-state index in [1.165, 1.54) is 19.4 Å². The Labute approximate surface area is 88.5 Å². The van der Waals surface area contributed by atoms with Gasteiger partial charge in [-0.1, -0.05) is 12.1 Å². The maximum absolute atomic E-state index is 10.8. The molecule has 0 aliphatic rings. The number of rotatable bonds is 4. The molecular formula is C11H13NO3. The highest BCUT2D eigenvalue weighted by atomic mass is 16.5. The van der Waals surface area contributed by atoms with Crippen molar-refractivity contribution in [2.24, 2.45) is 0 Å². The summed E-state index contributed by atoms with van der Waals surface area (Å²) in [5, 5.41) is 2.92. The van der Waals surface area contributed by atoms with Crippen LogP contribution in [0.2, 0.25) is 0 Å². The number of benzene rings is 1. The highest BCUT2D eigenvalue weighted by Crippen LogP contribution is 2.22. The van der Waals surface area contributed by atoms with Gasteiger partial charge in [-0.15, -0.1) is 0 Å². The third-order valence-corrected chi connectivity index (χ3v) is 1.77. The van der Waals surface area contributed by atoms with Gasteiger partial charge in [-0.25, -0.2) is 4.79 Å². The maximum atomic E-state index is 10.8. The van der Waals surface area contributed by atoms with Crippen LogP contribution < -0.4 is 10.1 Å². The Morgan fingerprint density at radius 3 is 2.73 bits per heavy atom. The third kappa shape index (κ3) is 3.34. The molecule has 0 atom stereocenters. The van der Waals surface area contributed by atoms with Crippen molar-refractivity contribution < 1.29 is 14.3 Å². The summed E-state index contributed by atoms with van der Waals surface area (Å²) in [7, 11) is 2.92. The lowest BCUT2D eigenvalue weighted by atomic mass is 10.3. The Morgan fingerprint density at radius 2 is 2.07 bits per heavy atom. The standard InChI is InChI=1S/C11H13NO3/c1-14-10-6-4-3-5-9(10)12-8-7-11(13)15-2/h3-8,12H,1-2H3/b8-7-.